The number of amides is 2. The van der Waals surface area contributed by atoms with Gasteiger partial charge in [0.25, 0.3) is 0 Å². The van der Waals surface area contributed by atoms with Gasteiger partial charge in [-0.3, -0.25) is 0 Å². The molecule has 1 fully saturated rings. The standard InChI is InChI=1S/C20H25N5O2/c1-14-6-4-5-7-16(14)22-19(26)25-9-8-20(12-25)13-27-11-15-10-21-18(24(2)3)23-17(15)20/h4-7,10H,8-9,11-13H2,1-3H3,(H,22,26)/t20-/m1/s1. The number of hydrogen-bond donors (Lipinski definition) is 1. The molecule has 7 heteroatoms. The SMILES string of the molecule is Cc1ccccc1NC(=O)N1CC[C@]2(COCc3cnc(N(C)C)nc32)C1. The van der Waals surface area contributed by atoms with Crippen molar-refractivity contribution in [2.45, 2.75) is 25.4 Å². The number of carbonyl (C=O) groups excluding carboxylic acids is 1. The summed E-state index contributed by atoms with van der Waals surface area (Å²) in [5.74, 6) is 0.692. The maximum atomic E-state index is 12.8. The van der Waals surface area contributed by atoms with E-state index in [0.717, 1.165) is 28.9 Å². The van der Waals surface area contributed by atoms with Crippen molar-refractivity contribution >= 4 is 17.7 Å². The minimum absolute atomic E-state index is 0.0739. The predicted octanol–water partition coefficient (Wildman–Crippen LogP) is 2.56. The van der Waals surface area contributed by atoms with Crippen molar-refractivity contribution in [3.05, 3.63) is 47.3 Å². The summed E-state index contributed by atoms with van der Waals surface area (Å²) in [7, 11) is 3.87. The molecule has 2 aromatic rings. The highest BCUT2D eigenvalue weighted by Gasteiger charge is 2.46. The Morgan fingerprint density at radius 1 is 1.33 bits per heavy atom. The molecule has 1 spiro atoms. The molecule has 0 radical (unpaired) electrons. The van der Waals surface area contributed by atoms with Crippen molar-refractivity contribution in [1.29, 1.82) is 0 Å². The van der Waals surface area contributed by atoms with E-state index in [0.29, 0.717) is 32.3 Å². The Morgan fingerprint density at radius 2 is 2.15 bits per heavy atom. The number of nitrogens with zero attached hydrogens (tertiary/aromatic N) is 4. The molecule has 0 unspecified atom stereocenters. The van der Waals surface area contributed by atoms with Gasteiger partial charge in [-0.25, -0.2) is 14.8 Å². The monoisotopic (exact) mass is 367 g/mol. The zero-order valence-electron chi connectivity index (χ0n) is 16.0. The van der Waals surface area contributed by atoms with Crippen LogP contribution in [0.1, 0.15) is 23.2 Å². The maximum Gasteiger partial charge on any atom is 0.321 e. The largest absolute Gasteiger partial charge is 0.376 e. The summed E-state index contributed by atoms with van der Waals surface area (Å²) in [6, 6.07) is 7.74. The van der Waals surface area contributed by atoms with Gasteiger partial charge in [0.05, 0.1) is 24.3 Å². The number of urea groups is 1. The number of aromatic nitrogens is 2. The molecule has 1 atom stereocenters. The molecule has 1 N–H and O–H groups in total. The number of para-hydroxylation sites is 1. The van der Waals surface area contributed by atoms with Crippen molar-refractivity contribution in [2.24, 2.45) is 0 Å². The fraction of sp³-hybridized carbons (Fsp3) is 0.450. The second-order valence-corrected chi connectivity index (χ2v) is 7.63. The van der Waals surface area contributed by atoms with Gasteiger partial charge in [-0.05, 0) is 25.0 Å². The van der Waals surface area contributed by atoms with Crippen molar-refractivity contribution < 1.29 is 9.53 Å². The molecule has 142 valence electrons. The van der Waals surface area contributed by atoms with Gasteiger partial charge in [0, 0.05) is 44.6 Å². The van der Waals surface area contributed by atoms with Crippen molar-refractivity contribution in [1.82, 2.24) is 14.9 Å². The van der Waals surface area contributed by atoms with E-state index in [1.165, 1.54) is 0 Å². The van der Waals surface area contributed by atoms with Crippen LogP contribution in [0, 0.1) is 6.92 Å². The first kappa shape index (κ1) is 17.7. The summed E-state index contributed by atoms with van der Waals surface area (Å²) < 4.78 is 5.85. The van der Waals surface area contributed by atoms with Gasteiger partial charge >= 0.3 is 6.03 Å². The summed E-state index contributed by atoms with van der Waals surface area (Å²) >= 11 is 0. The Kier molecular flexibility index (Phi) is 4.47. The predicted molar refractivity (Wildman–Crippen MR) is 104 cm³/mol. The summed E-state index contributed by atoms with van der Waals surface area (Å²) in [4.78, 5) is 25.8. The molecule has 1 aromatic carbocycles. The van der Waals surface area contributed by atoms with E-state index in [4.69, 9.17) is 9.72 Å². The molecule has 0 aliphatic carbocycles. The summed E-state index contributed by atoms with van der Waals surface area (Å²) in [5, 5.41) is 3.03. The van der Waals surface area contributed by atoms with Crippen molar-refractivity contribution in [3.63, 3.8) is 0 Å². The van der Waals surface area contributed by atoms with E-state index < -0.39 is 0 Å². The maximum absolute atomic E-state index is 12.8. The van der Waals surface area contributed by atoms with Crippen LogP contribution in [0.15, 0.2) is 30.5 Å². The third-order valence-corrected chi connectivity index (χ3v) is 5.42. The quantitative estimate of drug-likeness (QED) is 0.883. The fourth-order valence-corrected chi connectivity index (χ4v) is 3.87. The zero-order chi connectivity index (χ0) is 19.0. The van der Waals surface area contributed by atoms with Gasteiger partial charge in [0.1, 0.15) is 0 Å². The van der Waals surface area contributed by atoms with Crippen LogP contribution in [-0.2, 0) is 16.8 Å². The van der Waals surface area contributed by atoms with Gasteiger partial charge in [0.15, 0.2) is 0 Å². The molecule has 2 aliphatic heterocycles. The number of ether oxygens (including phenoxy) is 1. The molecule has 0 saturated carbocycles. The Bertz CT molecular complexity index is 869. The highest BCUT2D eigenvalue weighted by Crippen LogP contribution is 2.39. The molecular weight excluding hydrogens is 342 g/mol. The van der Waals surface area contributed by atoms with Crippen LogP contribution >= 0.6 is 0 Å². The molecule has 1 aromatic heterocycles. The lowest BCUT2D eigenvalue weighted by atomic mass is 9.80. The van der Waals surface area contributed by atoms with Gasteiger partial charge in [-0.15, -0.1) is 0 Å². The molecule has 1 saturated heterocycles. The first-order chi connectivity index (χ1) is 13.0. The number of benzene rings is 1. The van der Waals surface area contributed by atoms with Gasteiger partial charge in [-0.1, -0.05) is 18.2 Å². The Balaban J connectivity index is 1.56. The first-order valence-corrected chi connectivity index (χ1v) is 9.21. The van der Waals surface area contributed by atoms with Crippen molar-refractivity contribution in [2.75, 3.05) is 44.0 Å². The third-order valence-electron chi connectivity index (χ3n) is 5.42. The molecule has 0 bridgehead atoms. The third kappa shape index (κ3) is 3.23. The second kappa shape index (κ2) is 6.81. The normalized spacial score (nSPS) is 21.2. The lowest BCUT2D eigenvalue weighted by molar-refractivity contribution is 0.0521. The van der Waals surface area contributed by atoms with Crippen LogP contribution in [0.4, 0.5) is 16.4 Å². The number of likely N-dealkylation sites (tertiary alicyclic amines) is 1. The smallest absolute Gasteiger partial charge is 0.321 e. The fourth-order valence-electron chi connectivity index (χ4n) is 3.87. The van der Waals surface area contributed by atoms with Crippen LogP contribution in [0.3, 0.4) is 0 Å². The highest BCUT2D eigenvalue weighted by molar-refractivity contribution is 5.90. The average Bonchev–Trinajstić information content (AvgIpc) is 3.08. The minimum Gasteiger partial charge on any atom is -0.376 e. The van der Waals surface area contributed by atoms with Crippen LogP contribution in [0.25, 0.3) is 0 Å². The van der Waals surface area contributed by atoms with E-state index in [1.54, 1.807) is 0 Å². The zero-order valence-corrected chi connectivity index (χ0v) is 16.0. The summed E-state index contributed by atoms with van der Waals surface area (Å²) in [6.45, 7) is 4.38. The molecular formula is C20H25N5O2. The van der Waals surface area contributed by atoms with Gasteiger partial charge in [0.2, 0.25) is 5.95 Å². The lowest BCUT2D eigenvalue weighted by Crippen LogP contribution is -2.42. The van der Waals surface area contributed by atoms with E-state index in [9.17, 15) is 4.79 Å². The lowest BCUT2D eigenvalue weighted by Gasteiger charge is -2.34. The average molecular weight is 367 g/mol. The van der Waals surface area contributed by atoms with Crippen LogP contribution in [-0.4, -0.2) is 54.7 Å². The molecule has 7 nitrogen and oxygen atoms in total. The van der Waals surface area contributed by atoms with E-state index in [1.807, 2.05) is 61.3 Å². The Hall–Kier alpha value is -2.67. The van der Waals surface area contributed by atoms with E-state index in [2.05, 4.69) is 10.3 Å². The number of hydrogen-bond acceptors (Lipinski definition) is 5. The highest BCUT2D eigenvalue weighted by atomic mass is 16.5. The summed E-state index contributed by atoms with van der Waals surface area (Å²) in [5.41, 5.74) is 3.69. The van der Waals surface area contributed by atoms with E-state index in [-0.39, 0.29) is 11.4 Å². The molecule has 27 heavy (non-hydrogen) atoms. The number of anilines is 2. The summed E-state index contributed by atoms with van der Waals surface area (Å²) in [6.07, 6.45) is 2.69. The Morgan fingerprint density at radius 3 is 2.93 bits per heavy atom. The Labute approximate surface area is 159 Å². The second-order valence-electron chi connectivity index (χ2n) is 7.63. The van der Waals surface area contributed by atoms with Crippen LogP contribution < -0.4 is 10.2 Å². The van der Waals surface area contributed by atoms with Crippen LogP contribution in [0.2, 0.25) is 0 Å². The number of nitrogens with one attached hydrogen (secondary N) is 1. The van der Waals surface area contributed by atoms with Gasteiger partial charge < -0.3 is 19.9 Å². The van der Waals surface area contributed by atoms with Crippen molar-refractivity contribution in [3.8, 4) is 0 Å². The molecule has 2 amide bonds. The van der Waals surface area contributed by atoms with Crippen LogP contribution in [0.5, 0.6) is 0 Å². The number of fused-ring (bicyclic) bond motifs is 2. The minimum atomic E-state index is -0.260. The number of rotatable bonds is 2. The number of aryl methyl sites for hydroxylation is 1. The molecule has 2 aliphatic rings. The first-order valence-electron chi connectivity index (χ1n) is 9.21. The number of carbonyl (C=O) groups is 1. The molecule has 4 rings (SSSR count). The molecule has 3 heterocycles. The topological polar surface area (TPSA) is 70.6 Å². The van der Waals surface area contributed by atoms with Gasteiger partial charge in [-0.2, -0.15) is 0 Å². The van der Waals surface area contributed by atoms with E-state index >= 15 is 0 Å².